The Kier molecular flexibility index (Phi) is 3.83. The molecule has 0 bridgehead atoms. The molecule has 0 heterocycles. The summed E-state index contributed by atoms with van der Waals surface area (Å²) in [6, 6.07) is 8.89. The number of ether oxygens (including phenoxy) is 1. The Bertz CT molecular complexity index is 395. The quantitative estimate of drug-likeness (QED) is 0.809. The lowest BCUT2D eigenvalue weighted by Crippen LogP contribution is -2.19. The van der Waals surface area contributed by atoms with Gasteiger partial charge in [0.25, 0.3) is 0 Å². The molecule has 0 fully saturated rings. The lowest BCUT2D eigenvalue weighted by atomic mass is 10.1. The van der Waals surface area contributed by atoms with Gasteiger partial charge in [-0.1, -0.05) is 12.1 Å². The molecule has 0 amide bonds. The van der Waals surface area contributed by atoms with Crippen molar-refractivity contribution in [2.75, 3.05) is 0 Å². The van der Waals surface area contributed by atoms with E-state index in [1.54, 1.807) is 24.3 Å². The van der Waals surface area contributed by atoms with Crippen molar-refractivity contribution >= 4 is 5.97 Å². The molecule has 0 saturated heterocycles. The summed E-state index contributed by atoms with van der Waals surface area (Å²) in [6.07, 6.45) is -0.837. The molecule has 78 valence electrons. The van der Waals surface area contributed by atoms with Gasteiger partial charge in [-0.15, -0.1) is 0 Å². The van der Waals surface area contributed by atoms with Gasteiger partial charge in [0.2, 0.25) is 0 Å². The number of carboxylic acids is 1. The zero-order valence-electron chi connectivity index (χ0n) is 8.30. The molecule has 0 aromatic heterocycles. The fourth-order valence-electron chi connectivity index (χ4n) is 1.02. The summed E-state index contributed by atoms with van der Waals surface area (Å²) in [7, 11) is 0. The molecule has 0 aliphatic heterocycles. The average molecular weight is 205 g/mol. The summed E-state index contributed by atoms with van der Waals surface area (Å²) in [5.74, 6) is -0.994. The van der Waals surface area contributed by atoms with Crippen molar-refractivity contribution in [3.05, 3.63) is 35.4 Å². The van der Waals surface area contributed by atoms with Crippen LogP contribution in [-0.4, -0.2) is 17.2 Å². The maximum absolute atomic E-state index is 10.5. The van der Waals surface area contributed by atoms with E-state index >= 15 is 0 Å². The van der Waals surface area contributed by atoms with Crippen molar-refractivity contribution in [1.82, 2.24) is 0 Å². The third kappa shape index (κ3) is 3.41. The molecule has 1 atom stereocenters. The van der Waals surface area contributed by atoms with E-state index in [1.165, 1.54) is 6.92 Å². The molecular formula is C11H11NO3. The first-order valence-corrected chi connectivity index (χ1v) is 4.47. The Labute approximate surface area is 87.7 Å². The number of nitriles is 1. The normalized spacial score (nSPS) is 11.7. The minimum Gasteiger partial charge on any atom is -0.479 e. The van der Waals surface area contributed by atoms with Gasteiger partial charge >= 0.3 is 5.97 Å². The average Bonchev–Trinajstić information content (AvgIpc) is 2.26. The fourth-order valence-corrected chi connectivity index (χ4v) is 1.02. The van der Waals surface area contributed by atoms with Gasteiger partial charge in [-0.05, 0) is 24.6 Å². The van der Waals surface area contributed by atoms with Gasteiger partial charge in [-0.3, -0.25) is 0 Å². The maximum atomic E-state index is 10.5. The van der Waals surface area contributed by atoms with E-state index < -0.39 is 12.1 Å². The minimum atomic E-state index is -0.994. The highest BCUT2D eigenvalue weighted by molar-refractivity contribution is 5.71. The van der Waals surface area contributed by atoms with E-state index in [2.05, 4.69) is 0 Å². The maximum Gasteiger partial charge on any atom is 0.332 e. The largest absolute Gasteiger partial charge is 0.479 e. The second kappa shape index (κ2) is 5.13. The predicted molar refractivity (Wildman–Crippen MR) is 53.0 cm³/mol. The first-order valence-electron chi connectivity index (χ1n) is 4.47. The number of hydrogen-bond donors (Lipinski definition) is 1. The van der Waals surface area contributed by atoms with Gasteiger partial charge in [0.05, 0.1) is 18.2 Å². The summed E-state index contributed by atoms with van der Waals surface area (Å²) in [5, 5.41) is 17.2. The van der Waals surface area contributed by atoms with Crippen molar-refractivity contribution in [2.45, 2.75) is 19.6 Å². The zero-order valence-corrected chi connectivity index (χ0v) is 8.30. The molecular weight excluding hydrogens is 194 g/mol. The molecule has 0 radical (unpaired) electrons. The fraction of sp³-hybridized carbons (Fsp3) is 0.273. The first kappa shape index (κ1) is 11.2. The lowest BCUT2D eigenvalue weighted by molar-refractivity contribution is -0.149. The van der Waals surface area contributed by atoms with Crippen LogP contribution in [0.25, 0.3) is 0 Å². The number of hydrogen-bond acceptors (Lipinski definition) is 3. The van der Waals surface area contributed by atoms with Crippen LogP contribution in [-0.2, 0) is 16.1 Å². The number of aliphatic carboxylic acids is 1. The molecule has 1 aromatic rings. The van der Waals surface area contributed by atoms with E-state index in [4.69, 9.17) is 15.1 Å². The van der Waals surface area contributed by atoms with Gasteiger partial charge < -0.3 is 9.84 Å². The number of benzene rings is 1. The van der Waals surface area contributed by atoms with Crippen LogP contribution in [0.4, 0.5) is 0 Å². The van der Waals surface area contributed by atoms with Crippen molar-refractivity contribution in [1.29, 1.82) is 5.26 Å². The third-order valence-electron chi connectivity index (χ3n) is 1.90. The summed E-state index contributed by atoms with van der Waals surface area (Å²) in [4.78, 5) is 10.5. The Morgan fingerprint density at radius 3 is 3.00 bits per heavy atom. The molecule has 15 heavy (non-hydrogen) atoms. The van der Waals surface area contributed by atoms with Crippen molar-refractivity contribution in [3.8, 4) is 6.07 Å². The van der Waals surface area contributed by atoms with Crippen LogP contribution in [0.15, 0.2) is 24.3 Å². The van der Waals surface area contributed by atoms with Gasteiger partial charge in [-0.2, -0.15) is 5.26 Å². The molecule has 0 unspecified atom stereocenters. The standard InChI is InChI=1S/C11H11NO3/c1-8(11(13)14)15-7-10-4-2-3-9(5-10)6-12/h2-5,8H,7H2,1H3,(H,13,14)/t8-/m1/s1. The monoisotopic (exact) mass is 205 g/mol. The van der Waals surface area contributed by atoms with E-state index in [0.717, 1.165) is 5.56 Å². The molecule has 0 saturated carbocycles. The minimum absolute atomic E-state index is 0.197. The van der Waals surface area contributed by atoms with Crippen molar-refractivity contribution in [2.24, 2.45) is 0 Å². The zero-order chi connectivity index (χ0) is 11.3. The molecule has 4 nitrogen and oxygen atoms in total. The van der Waals surface area contributed by atoms with E-state index in [-0.39, 0.29) is 6.61 Å². The van der Waals surface area contributed by atoms with E-state index in [9.17, 15) is 4.79 Å². The van der Waals surface area contributed by atoms with Crippen molar-refractivity contribution in [3.63, 3.8) is 0 Å². The molecule has 0 aliphatic rings. The molecule has 0 spiro atoms. The SMILES string of the molecule is C[C@@H](OCc1cccc(C#N)c1)C(=O)O. The molecule has 1 aromatic carbocycles. The highest BCUT2D eigenvalue weighted by Crippen LogP contribution is 2.07. The first-order chi connectivity index (χ1) is 7.13. The smallest absolute Gasteiger partial charge is 0.332 e. The van der Waals surface area contributed by atoms with Gasteiger partial charge in [-0.25, -0.2) is 4.79 Å². The third-order valence-corrected chi connectivity index (χ3v) is 1.90. The summed E-state index contributed by atoms with van der Waals surface area (Å²) in [6.45, 7) is 1.67. The number of nitrogens with zero attached hydrogens (tertiary/aromatic N) is 1. The Morgan fingerprint density at radius 1 is 1.67 bits per heavy atom. The van der Waals surface area contributed by atoms with Crippen LogP contribution in [0, 0.1) is 11.3 Å². The van der Waals surface area contributed by atoms with Crippen LogP contribution in [0.5, 0.6) is 0 Å². The van der Waals surface area contributed by atoms with Gasteiger partial charge in [0.15, 0.2) is 6.10 Å². The second-order valence-corrected chi connectivity index (χ2v) is 3.10. The Hall–Kier alpha value is -1.86. The van der Waals surface area contributed by atoms with Crippen LogP contribution < -0.4 is 0 Å². The summed E-state index contributed by atoms with van der Waals surface area (Å²) < 4.78 is 5.08. The summed E-state index contributed by atoms with van der Waals surface area (Å²) >= 11 is 0. The van der Waals surface area contributed by atoms with Gasteiger partial charge in [0, 0.05) is 0 Å². The van der Waals surface area contributed by atoms with Crippen LogP contribution >= 0.6 is 0 Å². The lowest BCUT2D eigenvalue weighted by Gasteiger charge is -2.08. The predicted octanol–water partition coefficient (Wildman–Crippen LogP) is 1.55. The van der Waals surface area contributed by atoms with Crippen LogP contribution in [0.3, 0.4) is 0 Å². The Balaban J connectivity index is 2.58. The molecule has 1 N–H and O–H groups in total. The molecule has 1 rings (SSSR count). The van der Waals surface area contributed by atoms with Crippen molar-refractivity contribution < 1.29 is 14.6 Å². The summed E-state index contributed by atoms with van der Waals surface area (Å²) in [5.41, 5.74) is 1.33. The number of carboxylic acid groups (broad SMARTS) is 1. The van der Waals surface area contributed by atoms with E-state index in [1.807, 2.05) is 6.07 Å². The second-order valence-electron chi connectivity index (χ2n) is 3.10. The highest BCUT2D eigenvalue weighted by Gasteiger charge is 2.10. The van der Waals surface area contributed by atoms with Crippen LogP contribution in [0.2, 0.25) is 0 Å². The van der Waals surface area contributed by atoms with Gasteiger partial charge in [0.1, 0.15) is 0 Å². The molecule has 4 heteroatoms. The molecule has 0 aliphatic carbocycles. The highest BCUT2D eigenvalue weighted by atomic mass is 16.5. The topological polar surface area (TPSA) is 70.3 Å². The number of rotatable bonds is 4. The Morgan fingerprint density at radius 2 is 2.40 bits per heavy atom. The van der Waals surface area contributed by atoms with E-state index in [0.29, 0.717) is 5.56 Å². The van der Waals surface area contributed by atoms with Crippen LogP contribution in [0.1, 0.15) is 18.1 Å². The number of carbonyl (C=O) groups is 1.